The molecule has 1 aliphatic carbocycles. The van der Waals surface area contributed by atoms with Crippen molar-refractivity contribution in [3.63, 3.8) is 0 Å². The van der Waals surface area contributed by atoms with Crippen LogP contribution >= 0.6 is 0 Å². The van der Waals surface area contributed by atoms with Gasteiger partial charge in [-0.1, -0.05) is 52.0 Å². The average Bonchev–Trinajstić information content (AvgIpc) is 2.92. The van der Waals surface area contributed by atoms with Crippen LogP contribution in [0, 0.1) is 5.92 Å². The predicted molar refractivity (Wildman–Crippen MR) is 159 cm³/mol. The van der Waals surface area contributed by atoms with Crippen LogP contribution in [0.2, 0.25) is 0 Å². The van der Waals surface area contributed by atoms with Crippen molar-refractivity contribution in [2.24, 2.45) is 13.0 Å². The minimum Gasteiger partial charge on any atom is -0.462 e. The summed E-state index contributed by atoms with van der Waals surface area (Å²) < 4.78 is 6.59. The van der Waals surface area contributed by atoms with E-state index in [4.69, 9.17) is 4.74 Å². The van der Waals surface area contributed by atoms with E-state index < -0.39 is 0 Å². The Balaban J connectivity index is 1.51. The Morgan fingerprint density at radius 2 is 1.65 bits per heavy atom. The summed E-state index contributed by atoms with van der Waals surface area (Å²) in [4.78, 5) is 38.0. The van der Waals surface area contributed by atoms with Crippen molar-refractivity contribution in [1.29, 1.82) is 0 Å². The second kappa shape index (κ2) is 11.8. The zero-order valence-electron chi connectivity index (χ0n) is 23.9. The molecule has 2 aromatic carbocycles. The molecule has 1 heterocycles. The summed E-state index contributed by atoms with van der Waals surface area (Å²) in [6.07, 6.45) is 7.78. The summed E-state index contributed by atoms with van der Waals surface area (Å²) >= 11 is 0. The van der Waals surface area contributed by atoms with Crippen molar-refractivity contribution in [1.82, 2.24) is 9.88 Å². The number of anilines is 2. The van der Waals surface area contributed by atoms with E-state index in [1.54, 1.807) is 42.8 Å². The number of nitrogens with one attached hydrogen (secondary N) is 2. The van der Waals surface area contributed by atoms with Crippen LogP contribution in [0.4, 0.5) is 11.4 Å². The van der Waals surface area contributed by atoms with Gasteiger partial charge in [-0.25, -0.2) is 4.79 Å². The number of aromatic nitrogens is 1. The predicted octanol–water partition coefficient (Wildman–Crippen LogP) is 6.21. The number of hydrogen-bond acceptors (Lipinski definition) is 5. The number of benzene rings is 2. The molecule has 2 atom stereocenters. The molecule has 208 valence electrons. The van der Waals surface area contributed by atoms with Crippen LogP contribution < -0.4 is 16.2 Å². The molecule has 3 aromatic rings. The standard InChI is InChI=1S/C33H37N3O4/c1-7-40-32(39)23-13-17-26(18-14-23)34-29-19-24(20-36(6)31(29)38)27-9-8-10-28(21(27)2)35-30(37)22-11-15-25(16-12-22)33(3,4)5/h8-21,27,34H,7H2,1-6H3,(H,35,37). The third-order valence-electron chi connectivity index (χ3n) is 7.16. The molecule has 7 heteroatoms. The molecule has 1 amide bonds. The second-order valence-electron chi connectivity index (χ2n) is 11.1. The second-order valence-corrected chi connectivity index (χ2v) is 11.1. The highest BCUT2D eigenvalue weighted by molar-refractivity contribution is 5.95. The third kappa shape index (κ3) is 6.42. The summed E-state index contributed by atoms with van der Waals surface area (Å²) in [7, 11) is 1.72. The van der Waals surface area contributed by atoms with Gasteiger partial charge in [0.25, 0.3) is 11.5 Å². The summed E-state index contributed by atoms with van der Waals surface area (Å²) in [5.74, 6) is -0.622. The number of nitrogens with zero attached hydrogens (tertiary/aromatic N) is 1. The van der Waals surface area contributed by atoms with Crippen LogP contribution in [0.5, 0.6) is 0 Å². The van der Waals surface area contributed by atoms with Crippen LogP contribution in [0.1, 0.15) is 72.4 Å². The quantitative estimate of drug-likeness (QED) is 0.349. The Morgan fingerprint density at radius 1 is 1.00 bits per heavy atom. The van der Waals surface area contributed by atoms with Crippen molar-refractivity contribution in [2.75, 3.05) is 11.9 Å². The van der Waals surface area contributed by atoms with E-state index in [-0.39, 0.29) is 34.7 Å². The van der Waals surface area contributed by atoms with E-state index in [0.717, 1.165) is 11.3 Å². The minimum atomic E-state index is -0.386. The largest absolute Gasteiger partial charge is 0.462 e. The molecular formula is C33H37N3O4. The number of hydrogen-bond donors (Lipinski definition) is 2. The molecule has 7 nitrogen and oxygen atoms in total. The molecule has 0 saturated carbocycles. The van der Waals surface area contributed by atoms with E-state index in [9.17, 15) is 14.4 Å². The van der Waals surface area contributed by atoms with Gasteiger partial charge in [0.1, 0.15) is 5.69 Å². The van der Waals surface area contributed by atoms with Crippen molar-refractivity contribution < 1.29 is 14.3 Å². The highest BCUT2D eigenvalue weighted by Crippen LogP contribution is 2.34. The lowest BCUT2D eigenvalue weighted by Crippen LogP contribution is -2.30. The number of pyridine rings is 1. The van der Waals surface area contributed by atoms with Crippen molar-refractivity contribution >= 4 is 23.3 Å². The lowest BCUT2D eigenvalue weighted by molar-refractivity contribution is 0.0526. The number of carbonyl (C=O) groups excluding carboxylic acids is 2. The number of rotatable bonds is 7. The van der Waals surface area contributed by atoms with Gasteiger partial charge in [-0.15, -0.1) is 0 Å². The fourth-order valence-corrected chi connectivity index (χ4v) is 4.74. The van der Waals surface area contributed by atoms with Gasteiger partial charge in [-0.3, -0.25) is 9.59 Å². The number of esters is 1. The molecular weight excluding hydrogens is 502 g/mol. The zero-order chi connectivity index (χ0) is 29.0. The summed E-state index contributed by atoms with van der Waals surface area (Å²) in [6, 6.07) is 16.4. The van der Waals surface area contributed by atoms with Gasteiger partial charge < -0.3 is 19.9 Å². The van der Waals surface area contributed by atoms with Crippen molar-refractivity contribution in [3.8, 4) is 0 Å². The van der Waals surface area contributed by atoms with Crippen molar-refractivity contribution in [3.05, 3.63) is 117 Å². The first-order chi connectivity index (χ1) is 19.0. The lowest BCUT2D eigenvalue weighted by atomic mass is 9.82. The maximum Gasteiger partial charge on any atom is 0.338 e. The van der Waals surface area contributed by atoms with Crippen LogP contribution in [0.15, 0.2) is 89.5 Å². The Kier molecular flexibility index (Phi) is 8.43. The zero-order valence-corrected chi connectivity index (χ0v) is 23.9. The molecule has 0 fully saturated rings. The molecule has 0 bridgehead atoms. The van der Waals surface area contributed by atoms with Gasteiger partial charge in [-0.05, 0) is 72.0 Å². The molecule has 1 aromatic heterocycles. The van der Waals surface area contributed by atoms with Crippen LogP contribution in [-0.2, 0) is 17.2 Å². The molecule has 4 rings (SSSR count). The van der Waals surface area contributed by atoms with Gasteiger partial charge in [-0.2, -0.15) is 0 Å². The number of amides is 1. The topological polar surface area (TPSA) is 89.4 Å². The first-order valence-corrected chi connectivity index (χ1v) is 13.5. The van der Waals surface area contributed by atoms with E-state index in [2.05, 4.69) is 44.4 Å². The Morgan fingerprint density at radius 3 is 2.27 bits per heavy atom. The third-order valence-corrected chi connectivity index (χ3v) is 7.16. The SMILES string of the molecule is CCOC(=O)c1ccc(Nc2cc(C3C=CC=C(NC(=O)c4ccc(C(C)(C)C)cc4)C3C)cn(C)c2=O)cc1. The van der Waals surface area contributed by atoms with E-state index in [0.29, 0.717) is 29.1 Å². The maximum atomic E-state index is 13.1. The van der Waals surface area contributed by atoms with Gasteiger partial charge in [0.2, 0.25) is 0 Å². The first kappa shape index (κ1) is 28.6. The molecule has 0 radical (unpaired) electrons. The fraction of sp³-hybridized carbons (Fsp3) is 0.303. The molecule has 2 unspecified atom stereocenters. The average molecular weight is 540 g/mol. The monoisotopic (exact) mass is 539 g/mol. The molecule has 0 spiro atoms. The Bertz CT molecular complexity index is 1510. The van der Waals surface area contributed by atoms with Gasteiger partial charge >= 0.3 is 5.97 Å². The molecule has 40 heavy (non-hydrogen) atoms. The summed E-state index contributed by atoms with van der Waals surface area (Å²) in [5, 5.41) is 6.29. The van der Waals surface area contributed by atoms with Crippen LogP contribution in [0.25, 0.3) is 0 Å². The molecule has 0 saturated heterocycles. The molecule has 0 aliphatic heterocycles. The van der Waals surface area contributed by atoms with E-state index in [1.807, 2.05) is 48.7 Å². The van der Waals surface area contributed by atoms with Gasteiger partial charge in [0, 0.05) is 42.0 Å². The van der Waals surface area contributed by atoms with E-state index in [1.165, 1.54) is 5.56 Å². The van der Waals surface area contributed by atoms with Crippen LogP contribution in [0.3, 0.4) is 0 Å². The van der Waals surface area contributed by atoms with Crippen molar-refractivity contribution in [2.45, 2.75) is 46.0 Å². The minimum absolute atomic E-state index is 0.0169. The molecule has 2 N–H and O–H groups in total. The highest BCUT2D eigenvalue weighted by Gasteiger charge is 2.26. The Labute approximate surface area is 235 Å². The number of carbonyl (C=O) groups is 2. The van der Waals surface area contributed by atoms with Crippen LogP contribution in [-0.4, -0.2) is 23.1 Å². The number of ether oxygens (including phenoxy) is 1. The summed E-state index contributed by atoms with van der Waals surface area (Å²) in [6.45, 7) is 10.6. The van der Waals surface area contributed by atoms with Gasteiger partial charge in [0.15, 0.2) is 0 Å². The maximum absolute atomic E-state index is 13.1. The van der Waals surface area contributed by atoms with Gasteiger partial charge in [0.05, 0.1) is 12.2 Å². The number of aryl methyl sites for hydroxylation is 1. The summed E-state index contributed by atoms with van der Waals surface area (Å²) in [5.41, 5.74) is 4.92. The lowest BCUT2D eigenvalue weighted by Gasteiger charge is -2.28. The first-order valence-electron chi connectivity index (χ1n) is 13.5. The fourth-order valence-electron chi connectivity index (χ4n) is 4.74. The normalized spacial score (nSPS) is 16.7. The highest BCUT2D eigenvalue weighted by atomic mass is 16.5. The number of allylic oxidation sites excluding steroid dienone is 4. The smallest absolute Gasteiger partial charge is 0.338 e. The van der Waals surface area contributed by atoms with E-state index >= 15 is 0 Å². The Hall–Kier alpha value is -4.39. The molecule has 1 aliphatic rings.